The molecule has 0 rings (SSSR count). The normalized spacial score (nSPS) is 12.4. The molecular formula is C11H25NO2. The van der Waals surface area contributed by atoms with Crippen molar-refractivity contribution in [2.24, 2.45) is 5.92 Å². The smallest absolute Gasteiger partial charge is 0.0645 e. The van der Waals surface area contributed by atoms with Gasteiger partial charge in [0.15, 0.2) is 0 Å². The van der Waals surface area contributed by atoms with E-state index in [1.165, 1.54) is 0 Å². The summed E-state index contributed by atoms with van der Waals surface area (Å²) < 4.78 is 0. The standard InChI is InChI=1S/C11H25NO2/c1-4-10(5-2)7-12-11(6-3,8-13)9-14/h10,12-14H,4-9H2,1-3H3. The summed E-state index contributed by atoms with van der Waals surface area (Å²) in [6.45, 7) is 7.19. The van der Waals surface area contributed by atoms with Gasteiger partial charge >= 0.3 is 0 Å². The summed E-state index contributed by atoms with van der Waals surface area (Å²) in [5.41, 5.74) is -0.484. The van der Waals surface area contributed by atoms with E-state index < -0.39 is 5.54 Å². The number of rotatable bonds is 8. The van der Waals surface area contributed by atoms with Crippen molar-refractivity contribution in [3.05, 3.63) is 0 Å². The van der Waals surface area contributed by atoms with Gasteiger partial charge in [0.1, 0.15) is 0 Å². The Hall–Kier alpha value is -0.120. The molecule has 0 amide bonds. The average Bonchev–Trinajstić information content (AvgIpc) is 2.26. The molecule has 0 aliphatic heterocycles. The van der Waals surface area contributed by atoms with Crippen molar-refractivity contribution in [2.75, 3.05) is 19.8 Å². The van der Waals surface area contributed by atoms with E-state index >= 15 is 0 Å². The molecule has 0 aromatic carbocycles. The van der Waals surface area contributed by atoms with Gasteiger partial charge in [-0.05, 0) is 18.9 Å². The topological polar surface area (TPSA) is 52.5 Å². The predicted molar refractivity (Wildman–Crippen MR) is 59.3 cm³/mol. The van der Waals surface area contributed by atoms with Crippen LogP contribution in [0.25, 0.3) is 0 Å². The lowest BCUT2D eigenvalue weighted by molar-refractivity contribution is 0.0837. The molecule has 0 fully saturated rings. The zero-order chi connectivity index (χ0) is 11.0. The molecule has 0 aromatic heterocycles. The molecule has 86 valence electrons. The molecule has 3 nitrogen and oxygen atoms in total. The van der Waals surface area contributed by atoms with E-state index in [0.717, 1.165) is 25.8 Å². The van der Waals surface area contributed by atoms with Gasteiger partial charge in [0, 0.05) is 0 Å². The van der Waals surface area contributed by atoms with Crippen LogP contribution in [0.3, 0.4) is 0 Å². The molecule has 0 saturated heterocycles. The molecule has 0 spiro atoms. The van der Waals surface area contributed by atoms with E-state index in [1.807, 2.05) is 6.92 Å². The number of aliphatic hydroxyl groups excluding tert-OH is 2. The zero-order valence-electron chi connectivity index (χ0n) is 9.71. The largest absolute Gasteiger partial charge is 0.394 e. The minimum atomic E-state index is -0.484. The van der Waals surface area contributed by atoms with Crippen LogP contribution in [0.15, 0.2) is 0 Å². The Labute approximate surface area is 87.5 Å². The SMILES string of the molecule is CCC(CC)CNC(CC)(CO)CO. The van der Waals surface area contributed by atoms with Crippen LogP contribution in [0.2, 0.25) is 0 Å². The van der Waals surface area contributed by atoms with Crippen molar-refractivity contribution in [1.29, 1.82) is 0 Å². The Morgan fingerprint density at radius 1 is 1.07 bits per heavy atom. The van der Waals surface area contributed by atoms with E-state index in [4.69, 9.17) is 0 Å². The Morgan fingerprint density at radius 3 is 1.86 bits per heavy atom. The first-order valence-electron chi connectivity index (χ1n) is 5.64. The Balaban J connectivity index is 4.04. The molecule has 3 heteroatoms. The van der Waals surface area contributed by atoms with E-state index in [0.29, 0.717) is 5.92 Å². The first kappa shape index (κ1) is 13.9. The van der Waals surface area contributed by atoms with Crippen LogP contribution in [-0.4, -0.2) is 35.5 Å². The van der Waals surface area contributed by atoms with Crippen LogP contribution in [0.4, 0.5) is 0 Å². The molecule has 0 unspecified atom stereocenters. The van der Waals surface area contributed by atoms with Crippen LogP contribution < -0.4 is 5.32 Å². The summed E-state index contributed by atoms with van der Waals surface area (Å²) in [6, 6.07) is 0. The highest BCUT2D eigenvalue weighted by molar-refractivity contribution is 4.85. The van der Waals surface area contributed by atoms with Crippen molar-refractivity contribution in [3.8, 4) is 0 Å². The van der Waals surface area contributed by atoms with E-state index in [1.54, 1.807) is 0 Å². The fourth-order valence-electron chi connectivity index (χ4n) is 1.45. The van der Waals surface area contributed by atoms with Gasteiger partial charge in [-0.15, -0.1) is 0 Å². The maximum Gasteiger partial charge on any atom is 0.0645 e. The van der Waals surface area contributed by atoms with Crippen molar-refractivity contribution in [2.45, 2.75) is 45.6 Å². The van der Waals surface area contributed by atoms with E-state index in [-0.39, 0.29) is 13.2 Å². The van der Waals surface area contributed by atoms with Gasteiger partial charge in [-0.25, -0.2) is 0 Å². The van der Waals surface area contributed by atoms with Crippen LogP contribution in [-0.2, 0) is 0 Å². The van der Waals surface area contributed by atoms with Gasteiger partial charge in [0.05, 0.1) is 18.8 Å². The highest BCUT2D eigenvalue weighted by Crippen LogP contribution is 2.12. The maximum atomic E-state index is 9.21. The fourth-order valence-corrected chi connectivity index (χ4v) is 1.45. The van der Waals surface area contributed by atoms with Crippen molar-refractivity contribution in [1.82, 2.24) is 5.32 Å². The van der Waals surface area contributed by atoms with E-state index in [9.17, 15) is 10.2 Å². The third-order valence-corrected chi connectivity index (χ3v) is 3.20. The van der Waals surface area contributed by atoms with Gasteiger partial charge in [-0.2, -0.15) is 0 Å². The minimum absolute atomic E-state index is 0.000147. The number of hydrogen-bond donors (Lipinski definition) is 3. The summed E-state index contributed by atoms with van der Waals surface area (Å²) in [5, 5.41) is 21.7. The van der Waals surface area contributed by atoms with E-state index in [2.05, 4.69) is 19.2 Å². The molecule has 0 aliphatic rings. The zero-order valence-corrected chi connectivity index (χ0v) is 9.71. The molecule has 0 bridgehead atoms. The number of nitrogens with one attached hydrogen (secondary N) is 1. The van der Waals surface area contributed by atoms with Crippen molar-refractivity contribution in [3.63, 3.8) is 0 Å². The first-order valence-corrected chi connectivity index (χ1v) is 5.64. The summed E-state index contributed by atoms with van der Waals surface area (Å²) in [5.74, 6) is 0.638. The molecule has 0 atom stereocenters. The molecule has 0 saturated carbocycles. The third kappa shape index (κ3) is 3.95. The first-order chi connectivity index (χ1) is 6.67. The summed E-state index contributed by atoms with van der Waals surface area (Å²) >= 11 is 0. The van der Waals surface area contributed by atoms with Gasteiger partial charge in [0.25, 0.3) is 0 Å². The van der Waals surface area contributed by atoms with Gasteiger partial charge in [-0.3, -0.25) is 0 Å². The number of aliphatic hydroxyl groups is 2. The predicted octanol–water partition coefficient (Wildman–Crippen LogP) is 1.15. The molecule has 0 heterocycles. The maximum absolute atomic E-state index is 9.21. The van der Waals surface area contributed by atoms with Crippen LogP contribution in [0.1, 0.15) is 40.0 Å². The van der Waals surface area contributed by atoms with Crippen LogP contribution >= 0.6 is 0 Å². The molecule has 0 radical (unpaired) electrons. The Kier molecular flexibility index (Phi) is 7.15. The minimum Gasteiger partial charge on any atom is -0.394 e. The van der Waals surface area contributed by atoms with Crippen LogP contribution in [0, 0.1) is 5.92 Å². The highest BCUT2D eigenvalue weighted by atomic mass is 16.3. The summed E-state index contributed by atoms with van der Waals surface area (Å²) in [6.07, 6.45) is 3.03. The Bertz CT molecular complexity index is 123. The van der Waals surface area contributed by atoms with Gasteiger partial charge in [-0.1, -0.05) is 33.6 Å². The quantitative estimate of drug-likeness (QED) is 0.554. The lowest BCUT2D eigenvalue weighted by atomic mass is 9.96. The second kappa shape index (κ2) is 7.21. The van der Waals surface area contributed by atoms with Gasteiger partial charge < -0.3 is 15.5 Å². The molecule has 0 aromatic rings. The molecule has 3 N–H and O–H groups in total. The van der Waals surface area contributed by atoms with Crippen molar-refractivity contribution >= 4 is 0 Å². The molecular weight excluding hydrogens is 178 g/mol. The fraction of sp³-hybridized carbons (Fsp3) is 1.00. The van der Waals surface area contributed by atoms with Crippen LogP contribution in [0.5, 0.6) is 0 Å². The highest BCUT2D eigenvalue weighted by Gasteiger charge is 2.26. The van der Waals surface area contributed by atoms with Crippen molar-refractivity contribution < 1.29 is 10.2 Å². The summed E-state index contributed by atoms with van der Waals surface area (Å²) in [4.78, 5) is 0. The lowest BCUT2D eigenvalue weighted by Crippen LogP contribution is -2.52. The monoisotopic (exact) mass is 203 g/mol. The van der Waals surface area contributed by atoms with Gasteiger partial charge in [0.2, 0.25) is 0 Å². The average molecular weight is 203 g/mol. The second-order valence-corrected chi connectivity index (χ2v) is 4.01. The summed E-state index contributed by atoms with van der Waals surface area (Å²) in [7, 11) is 0. The Morgan fingerprint density at radius 2 is 1.57 bits per heavy atom. The lowest BCUT2D eigenvalue weighted by Gasteiger charge is -2.31. The third-order valence-electron chi connectivity index (χ3n) is 3.20. The molecule has 0 aliphatic carbocycles. The number of hydrogen-bond acceptors (Lipinski definition) is 3. The molecule has 14 heavy (non-hydrogen) atoms. The second-order valence-electron chi connectivity index (χ2n) is 4.01.